The number of aromatic nitrogens is 5. The second-order valence-electron chi connectivity index (χ2n) is 6.35. The molecule has 140 valence electrons. The van der Waals surface area contributed by atoms with E-state index >= 15 is 0 Å². The Bertz CT molecular complexity index is 1220. The average molecular weight is 450 g/mol. The van der Waals surface area contributed by atoms with Crippen molar-refractivity contribution >= 4 is 50.0 Å². The molecule has 27 heavy (non-hydrogen) atoms. The molecule has 0 aliphatic carbocycles. The van der Waals surface area contributed by atoms with Crippen LogP contribution in [-0.4, -0.2) is 29.8 Å². The van der Waals surface area contributed by atoms with E-state index in [1.807, 2.05) is 24.3 Å². The highest BCUT2D eigenvalue weighted by molar-refractivity contribution is 9.10. The highest BCUT2D eigenvalue weighted by Crippen LogP contribution is 2.26. The van der Waals surface area contributed by atoms with Gasteiger partial charge in [-0.1, -0.05) is 30.8 Å². The Balaban J connectivity index is 1.55. The Kier molecular flexibility index (Phi) is 4.68. The zero-order valence-corrected chi connectivity index (χ0v) is 17.0. The molecule has 0 amide bonds. The number of fused-ring (bicyclic) bond motifs is 2. The molecule has 4 aromatic rings. The van der Waals surface area contributed by atoms with Gasteiger partial charge in [0.25, 0.3) is 10.8 Å². The highest BCUT2D eigenvalue weighted by Gasteiger charge is 2.18. The Morgan fingerprint density at radius 3 is 2.85 bits per heavy atom. The van der Waals surface area contributed by atoms with Crippen LogP contribution in [0.15, 0.2) is 48.2 Å². The summed E-state index contributed by atoms with van der Waals surface area (Å²) >= 11 is 4.93. The van der Waals surface area contributed by atoms with E-state index in [0.717, 1.165) is 16.9 Å². The number of benzene rings is 1. The quantitative estimate of drug-likeness (QED) is 0.371. The van der Waals surface area contributed by atoms with Crippen LogP contribution in [0.4, 0.5) is 0 Å². The van der Waals surface area contributed by atoms with E-state index in [0.29, 0.717) is 27.7 Å². The van der Waals surface area contributed by atoms with Gasteiger partial charge < -0.3 is 8.98 Å². The molecule has 0 unspecified atom stereocenters. The van der Waals surface area contributed by atoms with Crippen LogP contribution in [0.3, 0.4) is 0 Å². The van der Waals surface area contributed by atoms with Gasteiger partial charge in [0.1, 0.15) is 5.52 Å². The van der Waals surface area contributed by atoms with Crippen LogP contribution >= 0.6 is 27.7 Å². The SMILES string of the molecule is C[C@H](CSc1nc2ccccc2o1)Cn1c(Br)nc2c1c(=O)[nH]c(=O)n2C. The fourth-order valence-electron chi connectivity index (χ4n) is 2.87. The minimum atomic E-state index is -0.482. The number of hydrogen-bond acceptors (Lipinski definition) is 6. The first-order valence-corrected chi connectivity index (χ1v) is 10.1. The molecule has 3 aromatic heterocycles. The predicted molar refractivity (Wildman–Crippen MR) is 107 cm³/mol. The second-order valence-corrected chi connectivity index (χ2v) is 8.03. The first-order valence-electron chi connectivity index (χ1n) is 8.27. The molecule has 0 fully saturated rings. The maximum absolute atomic E-state index is 12.3. The van der Waals surface area contributed by atoms with Gasteiger partial charge in [0.05, 0.1) is 0 Å². The van der Waals surface area contributed by atoms with Gasteiger partial charge >= 0.3 is 5.69 Å². The van der Waals surface area contributed by atoms with Crippen molar-refractivity contribution in [3.05, 3.63) is 49.8 Å². The van der Waals surface area contributed by atoms with Gasteiger partial charge in [-0.2, -0.15) is 0 Å². The van der Waals surface area contributed by atoms with Gasteiger partial charge in [-0.05, 0) is 34.0 Å². The molecule has 3 heterocycles. The van der Waals surface area contributed by atoms with Crippen LogP contribution in [0, 0.1) is 5.92 Å². The molecule has 0 saturated heterocycles. The molecule has 0 aliphatic heterocycles. The summed E-state index contributed by atoms with van der Waals surface area (Å²) in [5.41, 5.74) is 1.42. The van der Waals surface area contributed by atoms with Crippen molar-refractivity contribution in [2.24, 2.45) is 13.0 Å². The number of H-pyrrole nitrogens is 1. The lowest BCUT2D eigenvalue weighted by molar-refractivity contribution is 0.484. The molecule has 1 N–H and O–H groups in total. The van der Waals surface area contributed by atoms with Crippen LogP contribution in [0.5, 0.6) is 0 Å². The summed E-state index contributed by atoms with van der Waals surface area (Å²) in [6.07, 6.45) is 0. The highest BCUT2D eigenvalue weighted by atomic mass is 79.9. The van der Waals surface area contributed by atoms with E-state index < -0.39 is 11.2 Å². The third-order valence-corrected chi connectivity index (χ3v) is 5.98. The number of nitrogens with one attached hydrogen (secondary N) is 1. The van der Waals surface area contributed by atoms with Crippen molar-refractivity contribution in [3.8, 4) is 0 Å². The van der Waals surface area contributed by atoms with Gasteiger partial charge in [-0.15, -0.1) is 0 Å². The summed E-state index contributed by atoms with van der Waals surface area (Å²) < 4.78 is 9.35. The minimum absolute atomic E-state index is 0.204. The lowest BCUT2D eigenvalue weighted by atomic mass is 10.2. The smallest absolute Gasteiger partial charge is 0.329 e. The van der Waals surface area contributed by atoms with E-state index in [1.165, 1.54) is 16.3 Å². The zero-order valence-electron chi connectivity index (χ0n) is 14.6. The van der Waals surface area contributed by atoms with Crippen molar-refractivity contribution < 1.29 is 4.42 Å². The molecule has 1 atom stereocenters. The number of oxazole rings is 1. The van der Waals surface area contributed by atoms with Gasteiger partial charge in [0.2, 0.25) is 0 Å². The minimum Gasteiger partial charge on any atom is -0.431 e. The van der Waals surface area contributed by atoms with E-state index in [4.69, 9.17) is 4.42 Å². The number of thioether (sulfide) groups is 1. The first-order chi connectivity index (χ1) is 12.9. The van der Waals surface area contributed by atoms with Gasteiger partial charge in [-0.25, -0.2) is 14.8 Å². The number of para-hydroxylation sites is 2. The molecule has 10 heteroatoms. The number of aryl methyl sites for hydroxylation is 1. The van der Waals surface area contributed by atoms with Crippen molar-refractivity contribution in [1.82, 2.24) is 24.1 Å². The molecule has 0 radical (unpaired) electrons. The topological polar surface area (TPSA) is 98.7 Å². The van der Waals surface area contributed by atoms with Gasteiger partial charge in [0.15, 0.2) is 21.5 Å². The third kappa shape index (κ3) is 3.34. The van der Waals surface area contributed by atoms with Crippen molar-refractivity contribution in [2.75, 3.05) is 5.75 Å². The first kappa shape index (κ1) is 18.1. The fourth-order valence-corrected chi connectivity index (χ4v) is 4.20. The number of hydrogen-bond donors (Lipinski definition) is 1. The summed E-state index contributed by atoms with van der Waals surface area (Å²) in [4.78, 5) is 35.1. The Morgan fingerprint density at radius 2 is 2.07 bits per heavy atom. The standard InChI is InChI=1S/C17H16BrN5O3S/c1-9(8-27-17-19-10-5-3-4-6-11(10)26-17)7-23-12-13(20-15(23)18)22(2)16(25)21-14(12)24/h3-6,9H,7-8H2,1-2H3,(H,21,24,25)/t9-/m0/s1. The Morgan fingerprint density at radius 1 is 1.30 bits per heavy atom. The molecule has 8 nitrogen and oxygen atoms in total. The van der Waals surface area contributed by atoms with Crippen LogP contribution < -0.4 is 11.2 Å². The van der Waals surface area contributed by atoms with E-state index in [2.05, 4.69) is 37.8 Å². The zero-order chi connectivity index (χ0) is 19.1. The lowest BCUT2D eigenvalue weighted by Gasteiger charge is -2.12. The van der Waals surface area contributed by atoms with Crippen molar-refractivity contribution in [3.63, 3.8) is 0 Å². The molecular weight excluding hydrogens is 434 g/mol. The van der Waals surface area contributed by atoms with Crippen molar-refractivity contribution in [2.45, 2.75) is 18.7 Å². The maximum Gasteiger partial charge on any atom is 0.329 e. The largest absolute Gasteiger partial charge is 0.431 e. The Hall–Kier alpha value is -2.33. The van der Waals surface area contributed by atoms with Crippen LogP contribution in [-0.2, 0) is 13.6 Å². The van der Waals surface area contributed by atoms with Gasteiger partial charge in [0, 0.05) is 19.3 Å². The average Bonchev–Trinajstić information content (AvgIpc) is 3.19. The molecule has 1 aromatic carbocycles. The van der Waals surface area contributed by atoms with E-state index in [-0.39, 0.29) is 5.92 Å². The van der Waals surface area contributed by atoms with Crippen LogP contribution in [0.2, 0.25) is 0 Å². The maximum atomic E-state index is 12.3. The number of nitrogens with zero attached hydrogens (tertiary/aromatic N) is 4. The monoisotopic (exact) mass is 449 g/mol. The number of halogens is 1. The molecule has 0 saturated carbocycles. The van der Waals surface area contributed by atoms with Crippen LogP contribution in [0.25, 0.3) is 22.3 Å². The molecule has 0 bridgehead atoms. The predicted octanol–water partition coefficient (Wildman–Crippen LogP) is 2.76. The summed E-state index contributed by atoms with van der Waals surface area (Å²) in [6.45, 7) is 2.63. The normalized spacial score (nSPS) is 12.9. The molecular formula is C17H16BrN5O3S. The number of rotatable bonds is 5. The van der Waals surface area contributed by atoms with E-state index in [1.54, 1.807) is 11.6 Å². The summed E-state index contributed by atoms with van der Waals surface area (Å²) in [7, 11) is 1.58. The van der Waals surface area contributed by atoms with Crippen molar-refractivity contribution in [1.29, 1.82) is 0 Å². The molecule has 0 spiro atoms. The number of imidazole rings is 1. The summed E-state index contributed by atoms with van der Waals surface area (Å²) in [5.74, 6) is 0.957. The summed E-state index contributed by atoms with van der Waals surface area (Å²) in [5, 5.41) is 0.623. The lowest BCUT2D eigenvalue weighted by Crippen LogP contribution is -2.29. The molecule has 4 rings (SSSR count). The fraction of sp³-hybridized carbons (Fsp3) is 0.294. The Labute approximate surface area is 165 Å². The second kappa shape index (κ2) is 7.01. The number of aromatic amines is 1. The van der Waals surface area contributed by atoms with Gasteiger partial charge in [-0.3, -0.25) is 14.3 Å². The molecule has 0 aliphatic rings. The summed E-state index contributed by atoms with van der Waals surface area (Å²) in [6, 6.07) is 7.64. The van der Waals surface area contributed by atoms with Crippen LogP contribution in [0.1, 0.15) is 6.92 Å². The third-order valence-electron chi connectivity index (χ3n) is 4.22. The van der Waals surface area contributed by atoms with E-state index in [9.17, 15) is 9.59 Å².